The molecule has 24 heavy (non-hydrogen) atoms. The van der Waals surface area contributed by atoms with E-state index in [2.05, 4.69) is 17.6 Å². The lowest BCUT2D eigenvalue weighted by atomic mass is 10.2. The summed E-state index contributed by atoms with van der Waals surface area (Å²) in [5.41, 5.74) is 0.764. The van der Waals surface area contributed by atoms with Crippen LogP contribution in [0.15, 0.2) is 18.2 Å². The van der Waals surface area contributed by atoms with Gasteiger partial charge >= 0.3 is 6.03 Å². The topological polar surface area (TPSA) is 79.9 Å². The van der Waals surface area contributed by atoms with Gasteiger partial charge < -0.3 is 25.0 Å². The molecular formula is C17H23N3O4. The van der Waals surface area contributed by atoms with E-state index in [1.807, 2.05) is 18.2 Å². The van der Waals surface area contributed by atoms with Crippen LogP contribution >= 0.6 is 0 Å². The van der Waals surface area contributed by atoms with Crippen molar-refractivity contribution in [1.29, 1.82) is 0 Å². The highest BCUT2D eigenvalue weighted by Crippen LogP contribution is 2.35. The Balaban J connectivity index is 1.59. The average Bonchev–Trinajstić information content (AvgIpc) is 2.95. The summed E-state index contributed by atoms with van der Waals surface area (Å²) in [4.78, 5) is 25.8. The van der Waals surface area contributed by atoms with Crippen LogP contribution in [0.1, 0.15) is 26.2 Å². The summed E-state index contributed by atoms with van der Waals surface area (Å²) in [6.45, 7) is 4.22. The van der Waals surface area contributed by atoms with Crippen LogP contribution in [0.5, 0.6) is 11.5 Å². The molecular weight excluding hydrogens is 310 g/mol. The molecule has 0 unspecified atom stereocenters. The number of amides is 3. The van der Waals surface area contributed by atoms with E-state index >= 15 is 0 Å². The summed E-state index contributed by atoms with van der Waals surface area (Å²) in [6.07, 6.45) is 2.27. The molecule has 0 bridgehead atoms. The van der Waals surface area contributed by atoms with Crippen LogP contribution in [0.2, 0.25) is 0 Å². The molecule has 2 N–H and O–H groups in total. The number of benzene rings is 1. The molecule has 1 aromatic rings. The van der Waals surface area contributed by atoms with Crippen molar-refractivity contribution in [3.8, 4) is 11.5 Å². The molecule has 7 heteroatoms. The highest BCUT2D eigenvalue weighted by atomic mass is 16.6. The molecule has 1 atom stereocenters. The van der Waals surface area contributed by atoms with Crippen molar-refractivity contribution in [3.05, 3.63) is 18.2 Å². The van der Waals surface area contributed by atoms with Crippen LogP contribution < -0.4 is 25.0 Å². The predicted molar refractivity (Wildman–Crippen MR) is 89.6 cm³/mol. The van der Waals surface area contributed by atoms with Crippen molar-refractivity contribution in [2.24, 2.45) is 0 Å². The van der Waals surface area contributed by atoms with Gasteiger partial charge in [0.25, 0.3) is 0 Å². The highest BCUT2D eigenvalue weighted by Gasteiger charge is 2.32. The summed E-state index contributed by atoms with van der Waals surface area (Å²) in [5, 5.41) is 5.67. The van der Waals surface area contributed by atoms with Gasteiger partial charge in [-0.15, -0.1) is 0 Å². The molecule has 2 heterocycles. The first-order valence-electron chi connectivity index (χ1n) is 8.41. The fourth-order valence-electron chi connectivity index (χ4n) is 2.87. The number of hydrogen-bond donors (Lipinski definition) is 2. The van der Waals surface area contributed by atoms with Gasteiger partial charge in [0.05, 0.1) is 6.04 Å². The van der Waals surface area contributed by atoms with E-state index in [9.17, 15) is 9.59 Å². The van der Waals surface area contributed by atoms with Gasteiger partial charge in [-0.2, -0.15) is 0 Å². The van der Waals surface area contributed by atoms with Crippen molar-refractivity contribution in [3.63, 3.8) is 0 Å². The monoisotopic (exact) mass is 333 g/mol. The number of rotatable bonds is 5. The SMILES string of the molecule is CCCCNC(=O)N[C@H]1CC(=O)N(c2ccc3c(c2)OCCO3)C1. The van der Waals surface area contributed by atoms with Crippen LogP contribution in [0.3, 0.4) is 0 Å². The number of hydrogen-bond acceptors (Lipinski definition) is 4. The second-order valence-electron chi connectivity index (χ2n) is 5.99. The van der Waals surface area contributed by atoms with Crippen molar-refractivity contribution in [1.82, 2.24) is 10.6 Å². The molecule has 0 spiro atoms. The molecule has 0 radical (unpaired) electrons. The van der Waals surface area contributed by atoms with Gasteiger partial charge in [-0.1, -0.05) is 13.3 Å². The summed E-state index contributed by atoms with van der Waals surface area (Å²) in [6, 6.07) is 5.07. The normalized spacial score (nSPS) is 19.3. The maximum Gasteiger partial charge on any atom is 0.315 e. The summed E-state index contributed by atoms with van der Waals surface area (Å²) in [7, 11) is 0. The second kappa shape index (κ2) is 7.42. The van der Waals surface area contributed by atoms with Crippen molar-refractivity contribution in [2.45, 2.75) is 32.2 Å². The van der Waals surface area contributed by atoms with E-state index in [0.29, 0.717) is 44.2 Å². The smallest absolute Gasteiger partial charge is 0.315 e. The van der Waals surface area contributed by atoms with E-state index in [-0.39, 0.29) is 18.0 Å². The van der Waals surface area contributed by atoms with Gasteiger partial charge in [0.2, 0.25) is 5.91 Å². The Morgan fingerprint density at radius 1 is 1.29 bits per heavy atom. The molecule has 0 saturated carbocycles. The molecule has 2 aliphatic heterocycles. The van der Waals surface area contributed by atoms with Crippen LogP contribution in [-0.2, 0) is 4.79 Å². The number of anilines is 1. The first-order chi connectivity index (χ1) is 11.7. The van der Waals surface area contributed by atoms with Crippen LogP contribution in [0, 0.1) is 0 Å². The number of urea groups is 1. The zero-order chi connectivity index (χ0) is 16.9. The van der Waals surface area contributed by atoms with Gasteiger partial charge in [0.15, 0.2) is 11.5 Å². The first-order valence-corrected chi connectivity index (χ1v) is 8.41. The molecule has 0 aromatic heterocycles. The minimum Gasteiger partial charge on any atom is -0.486 e. The van der Waals surface area contributed by atoms with Gasteiger partial charge in [-0.25, -0.2) is 4.79 Å². The fraction of sp³-hybridized carbons (Fsp3) is 0.529. The molecule has 3 amide bonds. The van der Waals surface area contributed by atoms with Crippen LogP contribution in [-0.4, -0.2) is 44.3 Å². The number of fused-ring (bicyclic) bond motifs is 1. The maximum atomic E-state index is 12.3. The van der Waals surface area contributed by atoms with E-state index in [4.69, 9.17) is 9.47 Å². The number of unbranched alkanes of at least 4 members (excludes halogenated alkanes) is 1. The average molecular weight is 333 g/mol. The second-order valence-corrected chi connectivity index (χ2v) is 5.99. The number of ether oxygens (including phenoxy) is 2. The predicted octanol–water partition coefficient (Wildman–Crippen LogP) is 1.66. The van der Waals surface area contributed by atoms with Crippen molar-refractivity contribution in [2.75, 3.05) is 31.2 Å². The zero-order valence-corrected chi connectivity index (χ0v) is 13.8. The molecule has 1 saturated heterocycles. The molecule has 0 aliphatic carbocycles. The Morgan fingerprint density at radius 3 is 2.88 bits per heavy atom. The Morgan fingerprint density at radius 2 is 2.08 bits per heavy atom. The lowest BCUT2D eigenvalue weighted by Gasteiger charge is -2.22. The molecule has 130 valence electrons. The molecule has 7 nitrogen and oxygen atoms in total. The van der Waals surface area contributed by atoms with Crippen LogP contribution in [0.4, 0.5) is 10.5 Å². The molecule has 1 aromatic carbocycles. The van der Waals surface area contributed by atoms with Gasteiger partial charge in [-0.05, 0) is 18.6 Å². The number of carbonyl (C=O) groups is 2. The third-order valence-electron chi connectivity index (χ3n) is 4.11. The van der Waals surface area contributed by atoms with Gasteiger partial charge in [0.1, 0.15) is 13.2 Å². The van der Waals surface area contributed by atoms with Gasteiger partial charge in [-0.3, -0.25) is 4.79 Å². The Kier molecular flexibility index (Phi) is 5.08. The largest absolute Gasteiger partial charge is 0.486 e. The van der Waals surface area contributed by atoms with Crippen LogP contribution in [0.25, 0.3) is 0 Å². The van der Waals surface area contributed by atoms with E-state index in [1.54, 1.807) is 4.90 Å². The lowest BCUT2D eigenvalue weighted by molar-refractivity contribution is -0.117. The quantitative estimate of drug-likeness (QED) is 0.803. The van der Waals surface area contributed by atoms with E-state index in [1.165, 1.54) is 0 Å². The minimum atomic E-state index is -0.217. The molecule has 2 aliphatic rings. The van der Waals surface area contributed by atoms with Crippen molar-refractivity contribution < 1.29 is 19.1 Å². The molecule has 1 fully saturated rings. The maximum absolute atomic E-state index is 12.3. The molecule has 3 rings (SSSR count). The highest BCUT2D eigenvalue weighted by molar-refractivity contribution is 5.97. The Bertz CT molecular complexity index is 620. The van der Waals surface area contributed by atoms with Crippen molar-refractivity contribution >= 4 is 17.6 Å². The minimum absolute atomic E-state index is 0.00876. The number of nitrogens with zero attached hydrogens (tertiary/aromatic N) is 1. The summed E-state index contributed by atoms with van der Waals surface area (Å²) < 4.78 is 11.1. The number of nitrogens with one attached hydrogen (secondary N) is 2. The Hall–Kier alpha value is -2.44. The van der Waals surface area contributed by atoms with E-state index in [0.717, 1.165) is 18.5 Å². The lowest BCUT2D eigenvalue weighted by Crippen LogP contribution is -2.43. The standard InChI is InChI=1S/C17H23N3O4/c1-2-3-6-18-17(22)19-12-9-16(21)20(11-12)13-4-5-14-15(10-13)24-8-7-23-14/h4-5,10,12H,2-3,6-9,11H2,1H3,(H2,18,19,22)/t12-/m0/s1. The summed E-state index contributed by atoms with van der Waals surface area (Å²) in [5.74, 6) is 1.34. The third kappa shape index (κ3) is 3.72. The first kappa shape index (κ1) is 16.4. The zero-order valence-electron chi connectivity index (χ0n) is 13.8. The number of carbonyl (C=O) groups excluding carboxylic acids is 2. The fourth-order valence-corrected chi connectivity index (χ4v) is 2.87. The summed E-state index contributed by atoms with van der Waals surface area (Å²) >= 11 is 0. The van der Waals surface area contributed by atoms with E-state index < -0.39 is 0 Å². The van der Waals surface area contributed by atoms with Gasteiger partial charge in [0, 0.05) is 31.3 Å². The third-order valence-corrected chi connectivity index (χ3v) is 4.11. The Labute approximate surface area is 141 Å².